The highest BCUT2D eigenvalue weighted by Crippen LogP contribution is 2.22. The third-order valence-corrected chi connectivity index (χ3v) is 6.57. The SMILES string of the molecule is CN1CCN(CC(NC(=O)CCc2nc3ccccc3s2)c2ccccc2)CC1. The van der Waals surface area contributed by atoms with Crippen molar-refractivity contribution < 1.29 is 4.79 Å². The summed E-state index contributed by atoms with van der Waals surface area (Å²) < 4.78 is 1.18. The molecule has 152 valence electrons. The molecule has 6 heteroatoms. The molecule has 0 radical (unpaired) electrons. The summed E-state index contributed by atoms with van der Waals surface area (Å²) in [6.45, 7) is 5.09. The zero-order chi connectivity index (χ0) is 20.1. The van der Waals surface area contributed by atoms with Gasteiger partial charge in [0.2, 0.25) is 5.91 Å². The lowest BCUT2D eigenvalue weighted by Crippen LogP contribution is -2.47. The van der Waals surface area contributed by atoms with E-state index in [9.17, 15) is 4.79 Å². The number of fused-ring (bicyclic) bond motifs is 1. The second-order valence-corrected chi connectivity index (χ2v) is 8.83. The quantitative estimate of drug-likeness (QED) is 0.651. The molecule has 5 nitrogen and oxygen atoms in total. The van der Waals surface area contributed by atoms with Crippen LogP contribution in [0.25, 0.3) is 10.2 Å². The molecule has 29 heavy (non-hydrogen) atoms. The summed E-state index contributed by atoms with van der Waals surface area (Å²) in [4.78, 5) is 22.2. The van der Waals surface area contributed by atoms with E-state index in [0.29, 0.717) is 12.8 Å². The maximum atomic E-state index is 12.7. The predicted molar refractivity (Wildman–Crippen MR) is 119 cm³/mol. The highest BCUT2D eigenvalue weighted by atomic mass is 32.1. The van der Waals surface area contributed by atoms with E-state index in [0.717, 1.165) is 43.2 Å². The van der Waals surface area contributed by atoms with Crippen LogP contribution in [-0.2, 0) is 11.2 Å². The van der Waals surface area contributed by atoms with Gasteiger partial charge in [0.25, 0.3) is 0 Å². The van der Waals surface area contributed by atoms with Crippen LogP contribution in [0, 0.1) is 0 Å². The van der Waals surface area contributed by atoms with Gasteiger partial charge in [-0.3, -0.25) is 9.69 Å². The lowest BCUT2D eigenvalue weighted by Gasteiger charge is -2.35. The molecule has 1 amide bonds. The highest BCUT2D eigenvalue weighted by molar-refractivity contribution is 7.18. The van der Waals surface area contributed by atoms with Crippen LogP contribution in [0.3, 0.4) is 0 Å². The van der Waals surface area contributed by atoms with Gasteiger partial charge in [-0.15, -0.1) is 11.3 Å². The lowest BCUT2D eigenvalue weighted by atomic mass is 10.1. The number of carbonyl (C=O) groups excluding carboxylic acids is 1. The number of para-hydroxylation sites is 1. The van der Waals surface area contributed by atoms with Crippen LogP contribution in [0.4, 0.5) is 0 Å². The Morgan fingerprint density at radius 3 is 2.55 bits per heavy atom. The van der Waals surface area contributed by atoms with Gasteiger partial charge < -0.3 is 10.2 Å². The van der Waals surface area contributed by atoms with Crippen molar-refractivity contribution in [3.05, 3.63) is 65.2 Å². The number of aromatic nitrogens is 1. The molecule has 0 saturated carbocycles. The molecule has 1 unspecified atom stereocenters. The first kappa shape index (κ1) is 20.0. The van der Waals surface area contributed by atoms with Crippen LogP contribution in [0.2, 0.25) is 0 Å². The average Bonchev–Trinajstić information content (AvgIpc) is 3.17. The van der Waals surface area contributed by atoms with Crippen LogP contribution in [0.5, 0.6) is 0 Å². The molecule has 1 aliphatic rings. The van der Waals surface area contributed by atoms with Crippen LogP contribution in [0.1, 0.15) is 23.0 Å². The maximum Gasteiger partial charge on any atom is 0.220 e. The summed E-state index contributed by atoms with van der Waals surface area (Å²) in [5, 5.41) is 4.30. The molecule has 1 aliphatic heterocycles. The van der Waals surface area contributed by atoms with Crippen LogP contribution >= 0.6 is 11.3 Å². The van der Waals surface area contributed by atoms with E-state index >= 15 is 0 Å². The number of likely N-dealkylation sites (N-methyl/N-ethyl adjacent to an activating group) is 1. The third kappa shape index (κ3) is 5.41. The number of nitrogens with one attached hydrogen (secondary N) is 1. The zero-order valence-electron chi connectivity index (χ0n) is 16.9. The number of piperazine rings is 1. The number of benzene rings is 2. The summed E-state index contributed by atoms with van der Waals surface area (Å²) >= 11 is 1.68. The molecule has 1 aromatic heterocycles. The Kier molecular flexibility index (Phi) is 6.54. The number of carbonyl (C=O) groups is 1. The Labute approximate surface area is 176 Å². The van der Waals surface area contributed by atoms with Gasteiger partial charge in [-0.2, -0.15) is 0 Å². The minimum absolute atomic E-state index is 0.0162. The number of rotatable bonds is 7. The van der Waals surface area contributed by atoms with Crippen molar-refractivity contribution in [2.45, 2.75) is 18.9 Å². The fraction of sp³-hybridized carbons (Fsp3) is 0.391. The summed E-state index contributed by atoms with van der Waals surface area (Å²) in [7, 11) is 2.16. The van der Waals surface area contributed by atoms with E-state index < -0.39 is 0 Å². The molecule has 2 aromatic carbocycles. The van der Waals surface area contributed by atoms with Crippen molar-refractivity contribution >= 4 is 27.5 Å². The molecular weight excluding hydrogens is 380 g/mol. The van der Waals surface area contributed by atoms with E-state index in [1.165, 1.54) is 10.3 Å². The van der Waals surface area contributed by atoms with Crippen LogP contribution in [-0.4, -0.2) is 60.5 Å². The van der Waals surface area contributed by atoms with Crippen molar-refractivity contribution in [1.29, 1.82) is 0 Å². The topological polar surface area (TPSA) is 48.5 Å². The third-order valence-electron chi connectivity index (χ3n) is 5.48. The van der Waals surface area contributed by atoms with E-state index in [1.807, 2.05) is 36.4 Å². The second kappa shape index (κ2) is 9.48. The summed E-state index contributed by atoms with van der Waals surface area (Å²) in [5.74, 6) is 0.0900. The Bertz CT molecular complexity index is 901. The molecule has 1 atom stereocenters. The van der Waals surface area contributed by atoms with Crippen molar-refractivity contribution in [3.63, 3.8) is 0 Å². The minimum Gasteiger partial charge on any atom is -0.348 e. The van der Waals surface area contributed by atoms with E-state index in [4.69, 9.17) is 0 Å². The van der Waals surface area contributed by atoms with Gasteiger partial charge >= 0.3 is 0 Å². The first-order valence-electron chi connectivity index (χ1n) is 10.3. The highest BCUT2D eigenvalue weighted by Gasteiger charge is 2.21. The smallest absolute Gasteiger partial charge is 0.220 e. The van der Waals surface area contributed by atoms with E-state index in [-0.39, 0.29) is 11.9 Å². The maximum absolute atomic E-state index is 12.7. The van der Waals surface area contributed by atoms with Gasteiger partial charge in [0.1, 0.15) is 0 Å². The Morgan fingerprint density at radius 2 is 1.79 bits per heavy atom. The standard InChI is InChI=1S/C23H28N4OS/c1-26-13-15-27(16-14-26)17-20(18-7-3-2-4-8-18)24-22(28)11-12-23-25-19-9-5-6-10-21(19)29-23/h2-10,20H,11-17H2,1H3,(H,24,28). The number of hydrogen-bond donors (Lipinski definition) is 1. The van der Waals surface area contributed by atoms with E-state index in [1.54, 1.807) is 11.3 Å². The van der Waals surface area contributed by atoms with Crippen molar-refractivity contribution in [1.82, 2.24) is 20.1 Å². The number of hydrogen-bond acceptors (Lipinski definition) is 5. The van der Waals surface area contributed by atoms with Gasteiger partial charge in [0.05, 0.1) is 21.3 Å². The molecule has 1 N–H and O–H groups in total. The fourth-order valence-corrected chi connectivity index (χ4v) is 4.69. The molecule has 1 saturated heterocycles. The van der Waals surface area contributed by atoms with Gasteiger partial charge in [0, 0.05) is 45.6 Å². The largest absolute Gasteiger partial charge is 0.348 e. The molecule has 2 heterocycles. The first-order valence-corrected chi connectivity index (χ1v) is 11.1. The molecule has 4 rings (SSSR count). The van der Waals surface area contributed by atoms with E-state index in [2.05, 4.69) is 45.3 Å². The van der Waals surface area contributed by atoms with Crippen LogP contribution < -0.4 is 5.32 Å². The van der Waals surface area contributed by atoms with Crippen LogP contribution in [0.15, 0.2) is 54.6 Å². The van der Waals surface area contributed by atoms with Gasteiger partial charge in [-0.05, 0) is 24.7 Å². The fourth-order valence-electron chi connectivity index (χ4n) is 3.72. The summed E-state index contributed by atoms with van der Waals surface area (Å²) in [5.41, 5.74) is 2.19. The molecule has 3 aromatic rings. The van der Waals surface area contributed by atoms with Gasteiger partial charge in [-0.1, -0.05) is 42.5 Å². The van der Waals surface area contributed by atoms with Gasteiger partial charge in [0.15, 0.2) is 0 Å². The number of nitrogens with zero attached hydrogens (tertiary/aromatic N) is 3. The molecule has 0 spiro atoms. The lowest BCUT2D eigenvalue weighted by molar-refractivity contribution is -0.122. The van der Waals surface area contributed by atoms with Crippen molar-refractivity contribution in [3.8, 4) is 0 Å². The van der Waals surface area contributed by atoms with Crippen molar-refractivity contribution in [2.24, 2.45) is 0 Å². The average molecular weight is 409 g/mol. The molecule has 0 bridgehead atoms. The van der Waals surface area contributed by atoms with Crippen molar-refractivity contribution in [2.75, 3.05) is 39.8 Å². The summed E-state index contributed by atoms with van der Waals surface area (Å²) in [6.07, 6.45) is 1.15. The predicted octanol–water partition coefficient (Wildman–Crippen LogP) is 3.33. The minimum atomic E-state index is 0.0162. The summed E-state index contributed by atoms with van der Waals surface area (Å²) in [6, 6.07) is 18.5. The second-order valence-electron chi connectivity index (χ2n) is 7.71. The molecule has 1 fully saturated rings. The monoisotopic (exact) mass is 408 g/mol. The first-order chi connectivity index (χ1) is 14.2. The Hall–Kier alpha value is -2.28. The Balaban J connectivity index is 1.37. The molecular formula is C23H28N4OS. The number of amides is 1. The molecule has 0 aliphatic carbocycles. The Morgan fingerprint density at radius 1 is 1.07 bits per heavy atom. The number of thiazole rings is 1. The number of aryl methyl sites for hydroxylation is 1. The van der Waals surface area contributed by atoms with Gasteiger partial charge in [-0.25, -0.2) is 4.98 Å². The normalized spacial score (nSPS) is 16.7. The zero-order valence-corrected chi connectivity index (χ0v) is 17.7.